The molecular weight excluding hydrogens is 214 g/mol. The van der Waals surface area contributed by atoms with Crippen molar-refractivity contribution in [2.75, 3.05) is 7.11 Å². The zero-order valence-electron chi connectivity index (χ0n) is 10.8. The largest absolute Gasteiger partial charge is 0.497 e. The summed E-state index contributed by atoms with van der Waals surface area (Å²) in [5.74, 6) is 1.65. The van der Waals surface area contributed by atoms with Crippen molar-refractivity contribution in [1.82, 2.24) is 0 Å². The van der Waals surface area contributed by atoms with Gasteiger partial charge < -0.3 is 15.2 Å². The molecule has 0 amide bonds. The van der Waals surface area contributed by atoms with Gasteiger partial charge in [0.2, 0.25) is 0 Å². The van der Waals surface area contributed by atoms with Gasteiger partial charge in [0, 0.05) is 12.1 Å². The van der Waals surface area contributed by atoms with Gasteiger partial charge >= 0.3 is 0 Å². The summed E-state index contributed by atoms with van der Waals surface area (Å²) < 4.78 is 11.1. The van der Waals surface area contributed by atoms with Crippen molar-refractivity contribution in [2.24, 2.45) is 11.1 Å². The lowest BCUT2D eigenvalue weighted by atomic mass is 9.88. The van der Waals surface area contributed by atoms with Crippen LogP contribution in [0.25, 0.3) is 0 Å². The van der Waals surface area contributed by atoms with Crippen LogP contribution in [0, 0.1) is 5.41 Å². The molecule has 0 spiro atoms. The lowest BCUT2D eigenvalue weighted by Crippen LogP contribution is -2.42. The maximum atomic E-state index is 6.22. The van der Waals surface area contributed by atoms with Crippen LogP contribution in [0.4, 0.5) is 0 Å². The van der Waals surface area contributed by atoms with Crippen LogP contribution in [0.1, 0.15) is 26.7 Å². The van der Waals surface area contributed by atoms with E-state index in [0.29, 0.717) is 0 Å². The second-order valence-electron chi connectivity index (χ2n) is 5.39. The van der Waals surface area contributed by atoms with Crippen molar-refractivity contribution in [3.8, 4) is 11.5 Å². The van der Waals surface area contributed by atoms with Gasteiger partial charge in [0.25, 0.3) is 0 Å². The quantitative estimate of drug-likeness (QED) is 0.875. The Morgan fingerprint density at radius 2 is 2.00 bits per heavy atom. The molecule has 0 saturated heterocycles. The Morgan fingerprint density at radius 3 is 2.59 bits per heavy atom. The molecule has 1 aromatic rings. The first-order chi connectivity index (χ1) is 8.03. The third-order valence-electron chi connectivity index (χ3n) is 3.70. The maximum Gasteiger partial charge on any atom is 0.123 e. The molecule has 3 heteroatoms. The average molecular weight is 235 g/mol. The number of rotatable bonds is 3. The van der Waals surface area contributed by atoms with Crippen molar-refractivity contribution < 1.29 is 9.47 Å². The maximum absolute atomic E-state index is 6.22. The van der Waals surface area contributed by atoms with Gasteiger partial charge in [-0.3, -0.25) is 0 Å². The van der Waals surface area contributed by atoms with E-state index in [2.05, 4.69) is 13.8 Å². The minimum Gasteiger partial charge on any atom is -0.497 e. The Bertz CT molecular complexity index is 390. The summed E-state index contributed by atoms with van der Waals surface area (Å²) in [6, 6.07) is 7.78. The van der Waals surface area contributed by atoms with E-state index in [1.54, 1.807) is 7.11 Å². The lowest BCUT2D eigenvalue weighted by molar-refractivity contribution is 0.164. The normalized spacial score (nSPS) is 26.8. The fraction of sp³-hybridized carbons (Fsp3) is 0.571. The van der Waals surface area contributed by atoms with Crippen LogP contribution in [-0.2, 0) is 0 Å². The topological polar surface area (TPSA) is 44.5 Å². The van der Waals surface area contributed by atoms with E-state index in [1.807, 2.05) is 24.3 Å². The fourth-order valence-electron chi connectivity index (χ4n) is 2.35. The number of nitrogens with two attached hydrogens (primary N) is 1. The van der Waals surface area contributed by atoms with Crippen LogP contribution >= 0.6 is 0 Å². The standard InChI is InChI=1S/C14H21NO2/c1-14(2)8-7-12(13(14)15)17-11-6-4-5-10(9-11)16-3/h4-6,9,12-13H,7-8,15H2,1-3H3. The van der Waals surface area contributed by atoms with Gasteiger partial charge in [-0.1, -0.05) is 19.9 Å². The van der Waals surface area contributed by atoms with Gasteiger partial charge in [-0.05, 0) is 30.4 Å². The van der Waals surface area contributed by atoms with Crippen LogP contribution in [0.2, 0.25) is 0 Å². The van der Waals surface area contributed by atoms with Gasteiger partial charge in [-0.25, -0.2) is 0 Å². The number of ether oxygens (including phenoxy) is 2. The molecule has 0 bridgehead atoms. The SMILES string of the molecule is COc1cccc(OC2CCC(C)(C)C2N)c1. The van der Waals surface area contributed by atoms with E-state index >= 15 is 0 Å². The summed E-state index contributed by atoms with van der Waals surface area (Å²) in [5, 5.41) is 0. The minimum atomic E-state index is 0.0914. The summed E-state index contributed by atoms with van der Waals surface area (Å²) in [6.45, 7) is 4.40. The summed E-state index contributed by atoms with van der Waals surface area (Å²) in [7, 11) is 1.66. The van der Waals surface area contributed by atoms with Crippen LogP contribution in [0.5, 0.6) is 11.5 Å². The molecular formula is C14H21NO2. The van der Waals surface area contributed by atoms with E-state index < -0.39 is 0 Å². The third-order valence-corrected chi connectivity index (χ3v) is 3.70. The zero-order chi connectivity index (χ0) is 12.5. The van der Waals surface area contributed by atoms with Crippen LogP contribution < -0.4 is 15.2 Å². The van der Waals surface area contributed by atoms with Crippen molar-refractivity contribution in [3.63, 3.8) is 0 Å². The lowest BCUT2D eigenvalue weighted by Gasteiger charge is -2.27. The predicted molar refractivity (Wildman–Crippen MR) is 68.4 cm³/mol. The second-order valence-corrected chi connectivity index (χ2v) is 5.39. The number of methoxy groups -OCH3 is 1. The molecule has 2 N–H and O–H groups in total. The van der Waals surface area contributed by atoms with Crippen molar-refractivity contribution >= 4 is 0 Å². The molecule has 0 aromatic heterocycles. The Morgan fingerprint density at radius 1 is 1.29 bits per heavy atom. The molecule has 1 aliphatic rings. The molecule has 0 heterocycles. The van der Waals surface area contributed by atoms with Crippen LogP contribution in [-0.4, -0.2) is 19.3 Å². The first kappa shape index (κ1) is 12.2. The molecule has 3 nitrogen and oxygen atoms in total. The molecule has 2 rings (SSSR count). The molecule has 2 atom stereocenters. The van der Waals surface area contributed by atoms with E-state index in [-0.39, 0.29) is 17.6 Å². The highest BCUT2D eigenvalue weighted by atomic mass is 16.5. The predicted octanol–water partition coefficient (Wildman–Crippen LogP) is 2.59. The summed E-state index contributed by atoms with van der Waals surface area (Å²) in [6.07, 6.45) is 2.24. The molecule has 1 fully saturated rings. The van der Waals surface area contributed by atoms with Gasteiger partial charge in [0.15, 0.2) is 0 Å². The van der Waals surface area contributed by atoms with Gasteiger partial charge in [-0.15, -0.1) is 0 Å². The Hall–Kier alpha value is -1.22. The van der Waals surface area contributed by atoms with Gasteiger partial charge in [0.05, 0.1) is 7.11 Å². The first-order valence-electron chi connectivity index (χ1n) is 6.09. The van der Waals surface area contributed by atoms with Crippen molar-refractivity contribution in [1.29, 1.82) is 0 Å². The monoisotopic (exact) mass is 235 g/mol. The summed E-state index contributed by atoms with van der Waals surface area (Å²) in [5.41, 5.74) is 6.39. The van der Waals surface area contributed by atoms with E-state index in [1.165, 1.54) is 0 Å². The highest BCUT2D eigenvalue weighted by molar-refractivity contribution is 5.33. The molecule has 17 heavy (non-hydrogen) atoms. The highest BCUT2D eigenvalue weighted by Gasteiger charge is 2.40. The molecule has 2 unspecified atom stereocenters. The highest BCUT2D eigenvalue weighted by Crippen LogP contribution is 2.38. The number of hydrogen-bond donors (Lipinski definition) is 1. The van der Waals surface area contributed by atoms with Gasteiger partial charge in [0.1, 0.15) is 17.6 Å². The Kier molecular flexibility index (Phi) is 3.29. The zero-order valence-corrected chi connectivity index (χ0v) is 10.8. The van der Waals surface area contributed by atoms with Crippen LogP contribution in [0.15, 0.2) is 24.3 Å². The first-order valence-corrected chi connectivity index (χ1v) is 6.09. The Balaban J connectivity index is 2.06. The molecule has 1 saturated carbocycles. The average Bonchev–Trinajstić information content (AvgIpc) is 2.57. The minimum absolute atomic E-state index is 0.0914. The molecule has 1 aromatic carbocycles. The molecule has 94 valence electrons. The third kappa shape index (κ3) is 2.55. The fourth-order valence-corrected chi connectivity index (χ4v) is 2.35. The number of benzene rings is 1. The van der Waals surface area contributed by atoms with E-state index in [9.17, 15) is 0 Å². The molecule has 0 radical (unpaired) electrons. The second kappa shape index (κ2) is 4.57. The van der Waals surface area contributed by atoms with Gasteiger partial charge in [-0.2, -0.15) is 0 Å². The van der Waals surface area contributed by atoms with Crippen molar-refractivity contribution in [2.45, 2.75) is 38.8 Å². The van der Waals surface area contributed by atoms with E-state index in [4.69, 9.17) is 15.2 Å². The van der Waals surface area contributed by atoms with Crippen LogP contribution in [0.3, 0.4) is 0 Å². The van der Waals surface area contributed by atoms with Crippen molar-refractivity contribution in [3.05, 3.63) is 24.3 Å². The summed E-state index contributed by atoms with van der Waals surface area (Å²) in [4.78, 5) is 0. The Labute approximate surface area is 103 Å². The smallest absolute Gasteiger partial charge is 0.123 e. The molecule has 0 aliphatic heterocycles. The van der Waals surface area contributed by atoms with E-state index in [0.717, 1.165) is 24.3 Å². The number of hydrogen-bond acceptors (Lipinski definition) is 3. The summed E-state index contributed by atoms with van der Waals surface area (Å²) >= 11 is 0. The molecule has 1 aliphatic carbocycles.